The number of nitrogens with zero attached hydrogens (tertiary/aromatic N) is 3. The molecule has 1 amide bonds. The van der Waals surface area contributed by atoms with Gasteiger partial charge in [0.05, 0.1) is 16.9 Å². The Morgan fingerprint density at radius 3 is 2.31 bits per heavy atom. The van der Waals surface area contributed by atoms with Gasteiger partial charge in [0.25, 0.3) is 5.91 Å². The summed E-state index contributed by atoms with van der Waals surface area (Å²) in [5, 5.41) is 4.90. The third-order valence-electron chi connectivity index (χ3n) is 5.39. The standard InChI is InChI=1S/C27H26FN3O/c1-3-11-24-25(27(32)30(2)19-20-12-10-15-22(28)18-20)26(21-13-6-4-7-14-21)29-31(24)23-16-8-5-9-17-23/h4-10,12-18H,3,11,19H2,1-2H3. The van der Waals surface area contributed by atoms with Crippen LogP contribution in [0.4, 0.5) is 4.39 Å². The molecule has 1 aromatic heterocycles. The van der Waals surface area contributed by atoms with Crippen LogP contribution in [-0.4, -0.2) is 27.6 Å². The lowest BCUT2D eigenvalue weighted by atomic mass is 10.0. The summed E-state index contributed by atoms with van der Waals surface area (Å²) in [6.45, 7) is 2.40. The van der Waals surface area contributed by atoms with Crippen molar-refractivity contribution in [3.05, 3.63) is 108 Å². The van der Waals surface area contributed by atoms with Crippen LogP contribution in [0, 0.1) is 5.82 Å². The minimum Gasteiger partial charge on any atom is -0.337 e. The molecule has 0 saturated carbocycles. The minimum absolute atomic E-state index is 0.126. The van der Waals surface area contributed by atoms with E-state index in [1.54, 1.807) is 18.0 Å². The summed E-state index contributed by atoms with van der Waals surface area (Å²) in [5.74, 6) is -0.435. The molecular formula is C27H26FN3O. The number of aromatic nitrogens is 2. The third-order valence-corrected chi connectivity index (χ3v) is 5.39. The van der Waals surface area contributed by atoms with Crippen molar-refractivity contribution < 1.29 is 9.18 Å². The number of benzene rings is 3. The second kappa shape index (κ2) is 9.60. The molecule has 0 bridgehead atoms. The highest BCUT2D eigenvalue weighted by Crippen LogP contribution is 2.30. The molecule has 0 fully saturated rings. The van der Waals surface area contributed by atoms with E-state index in [4.69, 9.17) is 5.10 Å². The molecule has 0 saturated heterocycles. The van der Waals surface area contributed by atoms with E-state index in [0.717, 1.165) is 28.9 Å². The summed E-state index contributed by atoms with van der Waals surface area (Å²) in [5.41, 5.74) is 4.69. The first kappa shape index (κ1) is 21.5. The van der Waals surface area contributed by atoms with Crippen molar-refractivity contribution in [2.24, 2.45) is 0 Å². The van der Waals surface area contributed by atoms with Gasteiger partial charge >= 0.3 is 0 Å². The van der Waals surface area contributed by atoms with Gasteiger partial charge in [0.1, 0.15) is 11.5 Å². The Hall–Kier alpha value is -3.73. The summed E-state index contributed by atoms with van der Waals surface area (Å²) in [6.07, 6.45) is 1.59. The lowest BCUT2D eigenvalue weighted by Crippen LogP contribution is -2.27. The van der Waals surface area contributed by atoms with E-state index >= 15 is 0 Å². The second-order valence-electron chi connectivity index (χ2n) is 7.82. The Labute approximate surface area is 187 Å². The van der Waals surface area contributed by atoms with E-state index in [2.05, 4.69) is 6.92 Å². The van der Waals surface area contributed by atoms with Crippen LogP contribution in [0.25, 0.3) is 16.9 Å². The maximum atomic E-state index is 13.7. The predicted molar refractivity (Wildman–Crippen MR) is 125 cm³/mol. The molecule has 0 radical (unpaired) electrons. The lowest BCUT2D eigenvalue weighted by Gasteiger charge is -2.19. The Morgan fingerprint density at radius 1 is 0.969 bits per heavy atom. The van der Waals surface area contributed by atoms with E-state index in [9.17, 15) is 9.18 Å². The van der Waals surface area contributed by atoms with Gasteiger partial charge < -0.3 is 4.90 Å². The van der Waals surface area contributed by atoms with Crippen LogP contribution < -0.4 is 0 Å². The molecule has 4 rings (SSSR count). The van der Waals surface area contributed by atoms with Gasteiger partial charge in [-0.1, -0.05) is 74.0 Å². The average Bonchev–Trinajstić information content (AvgIpc) is 3.19. The molecule has 32 heavy (non-hydrogen) atoms. The van der Waals surface area contributed by atoms with Crippen LogP contribution in [0.3, 0.4) is 0 Å². The lowest BCUT2D eigenvalue weighted by molar-refractivity contribution is 0.0784. The van der Waals surface area contributed by atoms with Gasteiger partial charge in [-0.25, -0.2) is 9.07 Å². The number of carbonyl (C=O) groups is 1. The fourth-order valence-corrected chi connectivity index (χ4v) is 3.90. The van der Waals surface area contributed by atoms with Gasteiger partial charge in [-0.15, -0.1) is 0 Å². The Bertz CT molecular complexity index is 1200. The topological polar surface area (TPSA) is 38.1 Å². The van der Waals surface area contributed by atoms with E-state index in [0.29, 0.717) is 24.2 Å². The smallest absolute Gasteiger partial charge is 0.258 e. The summed E-state index contributed by atoms with van der Waals surface area (Å²) >= 11 is 0. The van der Waals surface area contributed by atoms with Crippen molar-refractivity contribution in [2.75, 3.05) is 7.05 Å². The first-order valence-electron chi connectivity index (χ1n) is 10.8. The minimum atomic E-state index is -0.308. The zero-order chi connectivity index (χ0) is 22.5. The monoisotopic (exact) mass is 427 g/mol. The van der Waals surface area contributed by atoms with Gasteiger partial charge in [0, 0.05) is 19.2 Å². The molecule has 5 heteroatoms. The molecule has 0 aliphatic rings. The fraction of sp³-hybridized carbons (Fsp3) is 0.185. The van der Waals surface area contributed by atoms with Crippen molar-refractivity contribution in [3.63, 3.8) is 0 Å². The largest absolute Gasteiger partial charge is 0.337 e. The van der Waals surface area contributed by atoms with Crippen LogP contribution in [0.2, 0.25) is 0 Å². The first-order chi connectivity index (χ1) is 15.6. The third kappa shape index (κ3) is 4.47. The number of carbonyl (C=O) groups excluding carboxylic acids is 1. The molecule has 0 aliphatic heterocycles. The van der Waals surface area contributed by atoms with E-state index in [-0.39, 0.29) is 11.7 Å². The van der Waals surface area contributed by atoms with Crippen LogP contribution in [-0.2, 0) is 13.0 Å². The summed E-state index contributed by atoms with van der Waals surface area (Å²) in [7, 11) is 1.75. The van der Waals surface area contributed by atoms with Crippen molar-refractivity contribution in [2.45, 2.75) is 26.3 Å². The number of amides is 1. The van der Waals surface area contributed by atoms with Gasteiger partial charge in [0.15, 0.2) is 0 Å². The van der Waals surface area contributed by atoms with Crippen molar-refractivity contribution in [3.8, 4) is 16.9 Å². The summed E-state index contributed by atoms with van der Waals surface area (Å²) < 4.78 is 15.5. The average molecular weight is 428 g/mol. The quantitative estimate of drug-likeness (QED) is 0.368. The van der Waals surface area contributed by atoms with Crippen molar-refractivity contribution in [1.29, 1.82) is 0 Å². The number of hydrogen-bond acceptors (Lipinski definition) is 2. The molecular weight excluding hydrogens is 401 g/mol. The van der Waals surface area contributed by atoms with E-state index < -0.39 is 0 Å². The maximum Gasteiger partial charge on any atom is 0.258 e. The first-order valence-corrected chi connectivity index (χ1v) is 10.8. The molecule has 0 unspecified atom stereocenters. The van der Waals surface area contributed by atoms with Gasteiger partial charge in [-0.3, -0.25) is 4.79 Å². The zero-order valence-corrected chi connectivity index (χ0v) is 18.3. The zero-order valence-electron chi connectivity index (χ0n) is 18.3. The molecule has 0 spiro atoms. The highest BCUT2D eigenvalue weighted by atomic mass is 19.1. The summed E-state index contributed by atoms with van der Waals surface area (Å²) in [4.78, 5) is 15.4. The summed E-state index contributed by atoms with van der Waals surface area (Å²) in [6, 6.07) is 26.0. The maximum absolute atomic E-state index is 13.7. The Balaban J connectivity index is 1.83. The van der Waals surface area contributed by atoms with Gasteiger partial charge in [-0.2, -0.15) is 5.10 Å². The van der Waals surface area contributed by atoms with Gasteiger partial charge in [-0.05, 0) is 36.2 Å². The molecule has 4 aromatic rings. The molecule has 0 aliphatic carbocycles. The van der Waals surface area contributed by atoms with Crippen LogP contribution in [0.1, 0.15) is 35.0 Å². The SMILES string of the molecule is CCCc1c(C(=O)N(C)Cc2cccc(F)c2)c(-c2ccccc2)nn1-c1ccccc1. The van der Waals surface area contributed by atoms with E-state index in [1.165, 1.54) is 12.1 Å². The normalized spacial score (nSPS) is 10.8. The van der Waals surface area contributed by atoms with Crippen LogP contribution in [0.15, 0.2) is 84.9 Å². The highest BCUT2D eigenvalue weighted by Gasteiger charge is 2.27. The molecule has 0 atom stereocenters. The Kier molecular flexibility index (Phi) is 6.45. The molecule has 0 N–H and O–H groups in total. The number of rotatable bonds is 7. The number of para-hydroxylation sites is 1. The molecule has 1 heterocycles. The van der Waals surface area contributed by atoms with Gasteiger partial charge in [0.2, 0.25) is 0 Å². The predicted octanol–water partition coefficient (Wildman–Crippen LogP) is 5.90. The second-order valence-corrected chi connectivity index (χ2v) is 7.82. The number of halogens is 1. The van der Waals surface area contributed by atoms with Crippen LogP contribution in [0.5, 0.6) is 0 Å². The van der Waals surface area contributed by atoms with E-state index in [1.807, 2.05) is 71.4 Å². The highest BCUT2D eigenvalue weighted by molar-refractivity contribution is 6.01. The van der Waals surface area contributed by atoms with Crippen LogP contribution >= 0.6 is 0 Å². The van der Waals surface area contributed by atoms with Crippen molar-refractivity contribution in [1.82, 2.24) is 14.7 Å². The molecule has 162 valence electrons. The van der Waals surface area contributed by atoms with Crippen molar-refractivity contribution >= 4 is 5.91 Å². The fourth-order valence-electron chi connectivity index (χ4n) is 3.90. The Morgan fingerprint density at radius 2 is 1.66 bits per heavy atom. The molecule has 3 aromatic carbocycles. The molecule has 4 nitrogen and oxygen atoms in total. The number of hydrogen-bond donors (Lipinski definition) is 0.